The third-order valence-electron chi connectivity index (χ3n) is 6.34. The number of amides is 2. The van der Waals surface area contributed by atoms with Gasteiger partial charge in [0.05, 0.1) is 12.5 Å². The molecule has 3 rings (SSSR count). The lowest BCUT2D eigenvalue weighted by Crippen LogP contribution is -2.53. The molecule has 31 heavy (non-hydrogen) atoms. The molecule has 0 radical (unpaired) electrons. The monoisotopic (exact) mass is 429 g/mol. The predicted octanol–water partition coefficient (Wildman–Crippen LogP) is 2.18. The Labute approximate surface area is 184 Å². The molecule has 2 amide bonds. The number of hydrogen-bond donors (Lipinski definition) is 2. The van der Waals surface area contributed by atoms with E-state index < -0.39 is 6.04 Å². The van der Waals surface area contributed by atoms with Gasteiger partial charge in [0.1, 0.15) is 6.04 Å². The zero-order chi connectivity index (χ0) is 22.2. The van der Waals surface area contributed by atoms with Gasteiger partial charge in [-0.25, -0.2) is 0 Å². The summed E-state index contributed by atoms with van der Waals surface area (Å²) < 4.78 is 5.20. The second-order valence-corrected chi connectivity index (χ2v) is 8.66. The third kappa shape index (κ3) is 6.29. The molecule has 1 aliphatic carbocycles. The number of carbonyl (C=O) groups excluding carboxylic acids is 3. The van der Waals surface area contributed by atoms with Crippen molar-refractivity contribution in [2.24, 2.45) is 11.7 Å². The maximum atomic E-state index is 13.0. The van der Waals surface area contributed by atoms with Gasteiger partial charge in [-0.2, -0.15) is 0 Å². The summed E-state index contributed by atoms with van der Waals surface area (Å²) in [6, 6.07) is 8.87. The maximum Gasteiger partial charge on any atom is 0.311 e. The van der Waals surface area contributed by atoms with Crippen LogP contribution in [0.5, 0.6) is 0 Å². The van der Waals surface area contributed by atoms with Crippen LogP contribution in [-0.2, 0) is 25.5 Å². The van der Waals surface area contributed by atoms with Crippen molar-refractivity contribution in [3.05, 3.63) is 35.9 Å². The van der Waals surface area contributed by atoms with Gasteiger partial charge in [0.25, 0.3) is 0 Å². The third-order valence-corrected chi connectivity index (χ3v) is 6.34. The zero-order valence-electron chi connectivity index (χ0n) is 18.4. The van der Waals surface area contributed by atoms with Crippen molar-refractivity contribution in [1.29, 1.82) is 0 Å². The van der Waals surface area contributed by atoms with E-state index in [1.807, 2.05) is 30.3 Å². The van der Waals surface area contributed by atoms with Crippen molar-refractivity contribution in [1.82, 2.24) is 10.2 Å². The Balaban J connectivity index is 1.56. The molecule has 1 saturated heterocycles. The van der Waals surface area contributed by atoms with Crippen LogP contribution in [0.2, 0.25) is 0 Å². The van der Waals surface area contributed by atoms with Gasteiger partial charge in [0.2, 0.25) is 11.8 Å². The lowest BCUT2D eigenvalue weighted by molar-refractivity contribution is -0.151. The van der Waals surface area contributed by atoms with Crippen LogP contribution < -0.4 is 11.1 Å². The molecule has 170 valence electrons. The molecule has 4 atom stereocenters. The molecule has 7 nitrogen and oxygen atoms in total. The summed E-state index contributed by atoms with van der Waals surface area (Å²) in [7, 11) is 0. The smallest absolute Gasteiger partial charge is 0.311 e. The van der Waals surface area contributed by atoms with Gasteiger partial charge in [-0.3, -0.25) is 14.4 Å². The Bertz CT molecular complexity index is 754. The number of rotatable bonds is 8. The SMILES string of the molecule is CCOC(=O)C1CCCCC1NC(=O)[C@@H]1CCCN1C(=O)C[C@H](N)Cc1ccccc1. The minimum atomic E-state index is -0.485. The van der Waals surface area contributed by atoms with E-state index in [2.05, 4.69) is 5.32 Å². The van der Waals surface area contributed by atoms with E-state index in [1.54, 1.807) is 11.8 Å². The van der Waals surface area contributed by atoms with Crippen molar-refractivity contribution < 1.29 is 19.1 Å². The lowest BCUT2D eigenvalue weighted by Gasteiger charge is -2.33. The fraction of sp³-hybridized carbons (Fsp3) is 0.625. The Morgan fingerprint density at radius 3 is 2.61 bits per heavy atom. The molecule has 2 unspecified atom stereocenters. The number of benzene rings is 1. The first kappa shape index (κ1) is 23.3. The first-order valence-corrected chi connectivity index (χ1v) is 11.6. The van der Waals surface area contributed by atoms with Gasteiger partial charge < -0.3 is 20.7 Å². The Hall–Kier alpha value is -2.41. The van der Waals surface area contributed by atoms with Gasteiger partial charge in [0, 0.05) is 25.0 Å². The average molecular weight is 430 g/mol. The van der Waals surface area contributed by atoms with Crippen molar-refractivity contribution in [3.8, 4) is 0 Å². The number of nitrogens with zero attached hydrogens (tertiary/aromatic N) is 1. The zero-order valence-corrected chi connectivity index (χ0v) is 18.4. The van der Waals surface area contributed by atoms with E-state index in [-0.39, 0.29) is 42.2 Å². The van der Waals surface area contributed by atoms with E-state index >= 15 is 0 Å². The second-order valence-electron chi connectivity index (χ2n) is 8.66. The molecule has 2 aliphatic rings. The average Bonchev–Trinajstić information content (AvgIpc) is 3.25. The summed E-state index contributed by atoms with van der Waals surface area (Å²) >= 11 is 0. The van der Waals surface area contributed by atoms with Crippen LogP contribution in [0, 0.1) is 5.92 Å². The molecule has 7 heteroatoms. The number of ether oxygens (including phenoxy) is 1. The lowest BCUT2D eigenvalue weighted by atomic mass is 9.84. The van der Waals surface area contributed by atoms with E-state index in [0.717, 1.165) is 37.7 Å². The van der Waals surface area contributed by atoms with E-state index in [1.165, 1.54) is 0 Å². The predicted molar refractivity (Wildman–Crippen MR) is 118 cm³/mol. The Morgan fingerprint density at radius 1 is 1.13 bits per heavy atom. The van der Waals surface area contributed by atoms with E-state index in [9.17, 15) is 14.4 Å². The molecule has 0 aromatic heterocycles. The van der Waals surface area contributed by atoms with Crippen LogP contribution in [0.15, 0.2) is 30.3 Å². The molecule has 2 fully saturated rings. The van der Waals surface area contributed by atoms with Gasteiger partial charge in [0.15, 0.2) is 0 Å². The molecule has 0 spiro atoms. The Kier molecular flexibility index (Phi) is 8.46. The molecule has 1 aromatic carbocycles. The summed E-state index contributed by atoms with van der Waals surface area (Å²) in [6.07, 6.45) is 5.70. The molecular formula is C24H35N3O4. The number of hydrogen-bond acceptors (Lipinski definition) is 5. The van der Waals surface area contributed by atoms with Crippen LogP contribution in [0.1, 0.15) is 57.4 Å². The number of nitrogens with one attached hydrogen (secondary N) is 1. The standard InChI is InChI=1S/C24H35N3O4/c1-2-31-24(30)19-11-6-7-12-20(19)26-23(29)21-13-8-14-27(21)22(28)16-18(25)15-17-9-4-3-5-10-17/h3-5,9-10,18-21H,2,6-8,11-16,25H2,1H3,(H,26,29)/t18-,19?,20?,21+/m1/s1. The van der Waals surface area contributed by atoms with Crippen molar-refractivity contribution in [3.63, 3.8) is 0 Å². The van der Waals surface area contributed by atoms with Gasteiger partial charge in [-0.1, -0.05) is 43.2 Å². The number of nitrogens with two attached hydrogens (primary N) is 1. The number of likely N-dealkylation sites (tertiary alicyclic amines) is 1. The van der Waals surface area contributed by atoms with Crippen LogP contribution in [0.25, 0.3) is 0 Å². The second kappa shape index (κ2) is 11.3. The first-order valence-electron chi connectivity index (χ1n) is 11.6. The highest BCUT2D eigenvalue weighted by Crippen LogP contribution is 2.27. The van der Waals surface area contributed by atoms with Crippen molar-refractivity contribution >= 4 is 17.8 Å². The van der Waals surface area contributed by atoms with Crippen LogP contribution in [-0.4, -0.2) is 54.0 Å². The first-order chi connectivity index (χ1) is 15.0. The minimum Gasteiger partial charge on any atom is -0.466 e. The maximum absolute atomic E-state index is 13.0. The fourth-order valence-corrected chi connectivity index (χ4v) is 4.78. The molecule has 1 saturated carbocycles. The minimum absolute atomic E-state index is 0.0772. The van der Waals surface area contributed by atoms with Crippen LogP contribution in [0.4, 0.5) is 0 Å². The van der Waals surface area contributed by atoms with Crippen molar-refractivity contribution in [2.75, 3.05) is 13.2 Å². The van der Waals surface area contributed by atoms with Crippen LogP contribution >= 0.6 is 0 Å². The van der Waals surface area contributed by atoms with Crippen molar-refractivity contribution in [2.45, 2.75) is 76.4 Å². The molecular weight excluding hydrogens is 394 g/mol. The summed E-state index contributed by atoms with van der Waals surface area (Å²) in [4.78, 5) is 39.9. The molecule has 3 N–H and O–H groups in total. The highest BCUT2D eigenvalue weighted by atomic mass is 16.5. The van der Waals surface area contributed by atoms with E-state index in [0.29, 0.717) is 26.0 Å². The van der Waals surface area contributed by atoms with Gasteiger partial charge >= 0.3 is 5.97 Å². The number of esters is 1. The Morgan fingerprint density at radius 2 is 1.87 bits per heavy atom. The highest BCUT2D eigenvalue weighted by Gasteiger charge is 2.38. The molecule has 0 bridgehead atoms. The molecule has 1 aromatic rings. The van der Waals surface area contributed by atoms with Crippen LogP contribution in [0.3, 0.4) is 0 Å². The van der Waals surface area contributed by atoms with Gasteiger partial charge in [-0.05, 0) is 44.6 Å². The summed E-state index contributed by atoms with van der Waals surface area (Å²) in [5.74, 6) is -0.781. The number of carbonyl (C=O) groups is 3. The fourth-order valence-electron chi connectivity index (χ4n) is 4.78. The quantitative estimate of drug-likeness (QED) is 0.617. The molecule has 1 aliphatic heterocycles. The summed E-state index contributed by atoms with van der Waals surface area (Å²) in [5.41, 5.74) is 7.32. The normalized spacial score (nSPS) is 24.5. The summed E-state index contributed by atoms with van der Waals surface area (Å²) in [5, 5.41) is 3.06. The largest absolute Gasteiger partial charge is 0.466 e. The summed E-state index contributed by atoms with van der Waals surface area (Å²) in [6.45, 7) is 2.70. The highest BCUT2D eigenvalue weighted by molar-refractivity contribution is 5.89. The topological polar surface area (TPSA) is 102 Å². The van der Waals surface area contributed by atoms with Gasteiger partial charge in [-0.15, -0.1) is 0 Å². The molecule has 1 heterocycles. The van der Waals surface area contributed by atoms with E-state index in [4.69, 9.17) is 10.5 Å².